The number of carbonyl (C=O) groups is 1. The number of ether oxygens (including phenoxy) is 1. The number of benzene rings is 1. The monoisotopic (exact) mass is 249 g/mol. The van der Waals surface area contributed by atoms with Crippen molar-refractivity contribution in [2.75, 3.05) is 0 Å². The molecule has 0 heterocycles. The number of hydrogen-bond donors (Lipinski definition) is 2. The number of nitrogens with one attached hydrogen (secondary N) is 1. The van der Waals surface area contributed by atoms with Crippen molar-refractivity contribution in [3.63, 3.8) is 0 Å². The van der Waals surface area contributed by atoms with Crippen LogP contribution >= 0.6 is 0 Å². The molecule has 0 aliphatic rings. The van der Waals surface area contributed by atoms with Crippen LogP contribution in [0.3, 0.4) is 0 Å². The second-order valence-electron chi connectivity index (χ2n) is 3.95. The summed E-state index contributed by atoms with van der Waals surface area (Å²) in [5, 5.41) is 12.2. The molecule has 0 spiro atoms. The van der Waals surface area contributed by atoms with E-state index in [1.54, 1.807) is 0 Å². The Morgan fingerprint density at radius 3 is 2.72 bits per heavy atom. The van der Waals surface area contributed by atoms with Crippen LogP contribution in [0.25, 0.3) is 0 Å². The maximum atomic E-state index is 11.5. The van der Waals surface area contributed by atoms with E-state index < -0.39 is 12.2 Å². The predicted octanol–water partition coefficient (Wildman–Crippen LogP) is 2.24. The van der Waals surface area contributed by atoms with E-state index in [2.05, 4.69) is 11.9 Å². The number of aliphatic hydroxyl groups is 1. The number of hydrogen-bond acceptors (Lipinski definition) is 3. The summed E-state index contributed by atoms with van der Waals surface area (Å²) in [6.45, 7) is 5.57. The number of carbonyl (C=O) groups excluding carboxylic acids is 1. The summed E-state index contributed by atoms with van der Waals surface area (Å²) in [6, 6.07) is 9.05. The van der Waals surface area contributed by atoms with Crippen molar-refractivity contribution in [2.24, 2.45) is 0 Å². The van der Waals surface area contributed by atoms with E-state index in [9.17, 15) is 9.90 Å². The first-order valence-corrected chi connectivity index (χ1v) is 5.95. The van der Waals surface area contributed by atoms with Gasteiger partial charge in [0, 0.05) is 0 Å². The number of amides is 1. The van der Waals surface area contributed by atoms with Gasteiger partial charge < -0.3 is 15.2 Å². The third-order valence-electron chi connectivity index (χ3n) is 2.61. The van der Waals surface area contributed by atoms with Crippen LogP contribution in [0, 0.1) is 0 Å². The Labute approximate surface area is 107 Å². The van der Waals surface area contributed by atoms with Gasteiger partial charge >= 0.3 is 6.09 Å². The minimum Gasteiger partial charge on any atom is -0.445 e. The van der Waals surface area contributed by atoms with Gasteiger partial charge in [-0.05, 0) is 12.0 Å². The zero-order valence-electron chi connectivity index (χ0n) is 10.5. The molecular formula is C14H19NO3. The third-order valence-corrected chi connectivity index (χ3v) is 2.61. The predicted molar refractivity (Wildman–Crippen MR) is 70.0 cm³/mol. The van der Waals surface area contributed by atoms with Gasteiger partial charge in [0.05, 0.1) is 12.1 Å². The summed E-state index contributed by atoms with van der Waals surface area (Å²) >= 11 is 0. The van der Waals surface area contributed by atoms with Gasteiger partial charge in [-0.25, -0.2) is 4.79 Å². The molecular weight excluding hydrogens is 230 g/mol. The second-order valence-corrected chi connectivity index (χ2v) is 3.95. The van der Waals surface area contributed by atoms with Gasteiger partial charge in [0.15, 0.2) is 0 Å². The van der Waals surface area contributed by atoms with Crippen molar-refractivity contribution in [1.82, 2.24) is 5.32 Å². The van der Waals surface area contributed by atoms with E-state index in [-0.39, 0.29) is 12.6 Å². The quantitative estimate of drug-likeness (QED) is 0.760. The molecule has 0 radical (unpaired) electrons. The van der Waals surface area contributed by atoms with Crippen LogP contribution in [-0.4, -0.2) is 23.3 Å². The van der Waals surface area contributed by atoms with Gasteiger partial charge in [0.25, 0.3) is 0 Å². The van der Waals surface area contributed by atoms with Crippen molar-refractivity contribution in [3.8, 4) is 0 Å². The Hall–Kier alpha value is -1.81. The number of rotatable bonds is 6. The fourth-order valence-electron chi connectivity index (χ4n) is 1.51. The Kier molecular flexibility index (Phi) is 5.94. The minimum absolute atomic E-state index is 0.216. The summed E-state index contributed by atoms with van der Waals surface area (Å²) in [4.78, 5) is 11.5. The summed E-state index contributed by atoms with van der Waals surface area (Å²) < 4.78 is 5.06. The van der Waals surface area contributed by atoms with Crippen LogP contribution in [0.2, 0.25) is 0 Å². The highest BCUT2D eigenvalue weighted by molar-refractivity contribution is 5.67. The highest BCUT2D eigenvalue weighted by Gasteiger charge is 2.17. The summed E-state index contributed by atoms with van der Waals surface area (Å²) in [5.41, 5.74) is 0.921. The molecule has 2 atom stereocenters. The molecule has 0 aliphatic heterocycles. The SMILES string of the molecule is C=CC(O)C(CC)NC(=O)OCc1ccccc1. The molecule has 0 saturated carbocycles. The minimum atomic E-state index is -0.765. The first-order valence-electron chi connectivity index (χ1n) is 5.95. The van der Waals surface area contributed by atoms with Gasteiger partial charge in [0.2, 0.25) is 0 Å². The molecule has 1 rings (SSSR count). The van der Waals surface area contributed by atoms with Crippen LogP contribution in [0.1, 0.15) is 18.9 Å². The van der Waals surface area contributed by atoms with Gasteiger partial charge in [0.1, 0.15) is 6.61 Å². The van der Waals surface area contributed by atoms with E-state index >= 15 is 0 Å². The molecule has 0 saturated heterocycles. The maximum Gasteiger partial charge on any atom is 0.407 e. The lowest BCUT2D eigenvalue weighted by Gasteiger charge is -2.19. The van der Waals surface area contributed by atoms with E-state index in [0.29, 0.717) is 6.42 Å². The zero-order chi connectivity index (χ0) is 13.4. The molecule has 0 fully saturated rings. The largest absolute Gasteiger partial charge is 0.445 e. The average molecular weight is 249 g/mol. The molecule has 4 nitrogen and oxygen atoms in total. The van der Waals surface area contributed by atoms with Gasteiger partial charge in [-0.1, -0.05) is 43.3 Å². The Morgan fingerprint density at radius 2 is 2.17 bits per heavy atom. The molecule has 2 N–H and O–H groups in total. The fraction of sp³-hybridized carbons (Fsp3) is 0.357. The third kappa shape index (κ3) is 4.59. The zero-order valence-corrected chi connectivity index (χ0v) is 10.5. The Balaban J connectivity index is 2.39. The summed E-state index contributed by atoms with van der Waals surface area (Å²) in [6.07, 6.45) is 0.699. The summed E-state index contributed by atoms with van der Waals surface area (Å²) in [7, 11) is 0. The van der Waals surface area contributed by atoms with Crippen LogP contribution in [0.15, 0.2) is 43.0 Å². The highest BCUT2D eigenvalue weighted by atomic mass is 16.5. The normalized spacial score (nSPS) is 13.4. The summed E-state index contributed by atoms with van der Waals surface area (Å²) in [5.74, 6) is 0. The van der Waals surface area contributed by atoms with Crippen LogP contribution in [-0.2, 0) is 11.3 Å². The molecule has 1 amide bonds. The standard InChI is InChI=1S/C14H19NO3/c1-3-12(13(16)4-2)15-14(17)18-10-11-8-6-5-7-9-11/h4-9,12-13,16H,2-3,10H2,1H3,(H,15,17). The van der Waals surface area contributed by atoms with Crippen molar-refractivity contribution < 1.29 is 14.6 Å². The Bertz CT molecular complexity index is 378. The van der Waals surface area contributed by atoms with Gasteiger partial charge in [-0.15, -0.1) is 6.58 Å². The van der Waals surface area contributed by atoms with Gasteiger partial charge in [-0.3, -0.25) is 0 Å². The van der Waals surface area contributed by atoms with Crippen molar-refractivity contribution >= 4 is 6.09 Å². The van der Waals surface area contributed by atoms with Crippen molar-refractivity contribution in [1.29, 1.82) is 0 Å². The topological polar surface area (TPSA) is 58.6 Å². The smallest absolute Gasteiger partial charge is 0.407 e. The van der Waals surface area contributed by atoms with Gasteiger partial charge in [-0.2, -0.15) is 0 Å². The average Bonchev–Trinajstić information content (AvgIpc) is 2.42. The molecule has 0 aromatic heterocycles. The number of aliphatic hydroxyl groups excluding tert-OH is 1. The maximum absolute atomic E-state index is 11.5. The lowest BCUT2D eigenvalue weighted by molar-refractivity contribution is 0.117. The molecule has 0 aliphatic carbocycles. The molecule has 18 heavy (non-hydrogen) atoms. The molecule has 4 heteroatoms. The fourth-order valence-corrected chi connectivity index (χ4v) is 1.51. The second kappa shape index (κ2) is 7.50. The van der Waals surface area contributed by atoms with Crippen LogP contribution in [0.5, 0.6) is 0 Å². The highest BCUT2D eigenvalue weighted by Crippen LogP contribution is 2.03. The van der Waals surface area contributed by atoms with Crippen molar-refractivity contribution in [2.45, 2.75) is 32.1 Å². The van der Waals surface area contributed by atoms with Crippen molar-refractivity contribution in [3.05, 3.63) is 48.6 Å². The van der Waals surface area contributed by atoms with Crippen LogP contribution in [0.4, 0.5) is 4.79 Å². The molecule has 1 aromatic carbocycles. The van der Waals surface area contributed by atoms with Crippen LogP contribution < -0.4 is 5.32 Å². The first kappa shape index (κ1) is 14.3. The van der Waals surface area contributed by atoms with E-state index in [1.807, 2.05) is 37.3 Å². The molecule has 2 unspecified atom stereocenters. The first-order chi connectivity index (χ1) is 8.67. The van der Waals surface area contributed by atoms with E-state index in [4.69, 9.17) is 4.74 Å². The van der Waals surface area contributed by atoms with E-state index in [1.165, 1.54) is 6.08 Å². The number of alkyl carbamates (subject to hydrolysis) is 1. The lowest BCUT2D eigenvalue weighted by atomic mass is 10.1. The Morgan fingerprint density at radius 1 is 1.50 bits per heavy atom. The lowest BCUT2D eigenvalue weighted by Crippen LogP contribution is -2.42. The van der Waals surface area contributed by atoms with E-state index in [0.717, 1.165) is 5.56 Å². The molecule has 98 valence electrons. The molecule has 1 aromatic rings. The molecule has 0 bridgehead atoms.